The second kappa shape index (κ2) is 3.18. The van der Waals surface area contributed by atoms with Crippen molar-refractivity contribution in [2.75, 3.05) is 13.3 Å². The van der Waals surface area contributed by atoms with E-state index in [1.807, 2.05) is 0 Å². The summed E-state index contributed by atoms with van der Waals surface area (Å²) in [7, 11) is 0. The van der Waals surface area contributed by atoms with Crippen molar-refractivity contribution in [3.8, 4) is 17.2 Å². The zero-order valence-electron chi connectivity index (χ0n) is 8.62. The maximum atomic E-state index is 10.0. The molecule has 0 saturated heterocycles. The van der Waals surface area contributed by atoms with Crippen LogP contribution in [0.25, 0.3) is 0 Å². The van der Waals surface area contributed by atoms with Crippen molar-refractivity contribution < 1.29 is 14.6 Å². The molecule has 4 nitrogen and oxygen atoms in total. The molecule has 0 bridgehead atoms. The van der Waals surface area contributed by atoms with Crippen LogP contribution in [0.1, 0.15) is 18.4 Å². The molecule has 3 rings (SSSR count). The topological polar surface area (TPSA) is 64.7 Å². The molecule has 1 aliphatic carbocycles. The van der Waals surface area contributed by atoms with Gasteiger partial charge in [0.25, 0.3) is 0 Å². The van der Waals surface area contributed by atoms with Crippen molar-refractivity contribution in [1.82, 2.24) is 0 Å². The number of hydrogen-bond donors (Lipinski definition) is 2. The molecule has 5 heteroatoms. The van der Waals surface area contributed by atoms with E-state index in [2.05, 4.69) is 0 Å². The fraction of sp³-hybridized carbons (Fsp3) is 0.455. The molecule has 3 N–H and O–H groups in total. The first-order valence-electron chi connectivity index (χ1n) is 5.19. The summed E-state index contributed by atoms with van der Waals surface area (Å²) in [4.78, 5) is 0. The number of ether oxygens (including phenoxy) is 2. The molecular weight excluding hydrogens is 230 g/mol. The van der Waals surface area contributed by atoms with Crippen LogP contribution < -0.4 is 15.2 Å². The fourth-order valence-electron chi connectivity index (χ4n) is 2.13. The Kier molecular flexibility index (Phi) is 2.00. The van der Waals surface area contributed by atoms with Gasteiger partial charge in [0.1, 0.15) is 10.8 Å². The number of aromatic hydroxyl groups is 1. The lowest BCUT2D eigenvalue weighted by Gasteiger charge is -2.16. The summed E-state index contributed by atoms with van der Waals surface area (Å²) < 4.78 is 10.5. The molecule has 1 aromatic carbocycles. The van der Waals surface area contributed by atoms with Crippen molar-refractivity contribution in [2.45, 2.75) is 18.3 Å². The Balaban J connectivity index is 2.17. The van der Waals surface area contributed by atoms with Crippen LogP contribution in [0.4, 0.5) is 0 Å². The maximum Gasteiger partial charge on any atom is 0.231 e. The second-order valence-electron chi connectivity index (χ2n) is 4.30. The fourth-order valence-corrected chi connectivity index (χ4v) is 2.38. The highest BCUT2D eigenvalue weighted by molar-refractivity contribution is 6.34. The number of phenolic OH excluding ortho intramolecular Hbond substituents is 1. The highest BCUT2D eigenvalue weighted by atomic mass is 35.5. The average molecular weight is 242 g/mol. The lowest BCUT2D eigenvalue weighted by atomic mass is 9.94. The summed E-state index contributed by atoms with van der Waals surface area (Å²) in [6.45, 7) is 0.657. The van der Waals surface area contributed by atoms with Crippen molar-refractivity contribution in [1.29, 1.82) is 0 Å². The third-order valence-corrected chi connectivity index (χ3v) is 3.75. The normalized spacial score (nSPS) is 19.9. The number of halogens is 1. The molecule has 1 fully saturated rings. The van der Waals surface area contributed by atoms with Crippen LogP contribution in [0.5, 0.6) is 17.2 Å². The number of rotatable bonds is 2. The van der Waals surface area contributed by atoms with Gasteiger partial charge in [0.05, 0.1) is 0 Å². The number of nitrogens with two attached hydrogens (primary N) is 1. The zero-order chi connectivity index (χ0) is 11.3. The number of fused-ring (bicyclic) bond motifs is 1. The molecule has 0 spiro atoms. The van der Waals surface area contributed by atoms with E-state index in [0.717, 1.165) is 18.4 Å². The van der Waals surface area contributed by atoms with Crippen molar-refractivity contribution >= 4 is 11.6 Å². The van der Waals surface area contributed by atoms with Crippen LogP contribution in [0.15, 0.2) is 6.07 Å². The minimum Gasteiger partial charge on any atom is -0.506 e. The standard InChI is InChI=1S/C11H12ClNO3/c12-8-9(14)6(11(4-13)1-2-11)3-7-10(8)16-5-15-7/h3,14H,1-2,4-5,13H2. The molecule has 1 heterocycles. The summed E-state index contributed by atoms with van der Waals surface area (Å²) in [6, 6.07) is 1.80. The van der Waals surface area contributed by atoms with E-state index in [1.165, 1.54) is 0 Å². The summed E-state index contributed by atoms with van der Waals surface area (Å²) in [5, 5.41) is 10.3. The van der Waals surface area contributed by atoms with Gasteiger partial charge in [-0.2, -0.15) is 0 Å². The molecule has 0 unspecified atom stereocenters. The van der Waals surface area contributed by atoms with Gasteiger partial charge in [-0.25, -0.2) is 0 Å². The maximum absolute atomic E-state index is 10.0. The minimum atomic E-state index is -0.116. The average Bonchev–Trinajstić information content (AvgIpc) is 2.95. The van der Waals surface area contributed by atoms with Gasteiger partial charge in [0.15, 0.2) is 11.5 Å². The predicted octanol–water partition coefficient (Wildman–Crippen LogP) is 1.76. The van der Waals surface area contributed by atoms with Gasteiger partial charge in [0, 0.05) is 17.5 Å². The van der Waals surface area contributed by atoms with Crippen LogP contribution in [-0.4, -0.2) is 18.4 Å². The van der Waals surface area contributed by atoms with Gasteiger partial charge in [-0.05, 0) is 18.9 Å². The summed E-state index contributed by atoms with van der Waals surface area (Å²) in [6.07, 6.45) is 1.96. The number of phenols is 1. The molecule has 16 heavy (non-hydrogen) atoms. The molecule has 0 amide bonds. The van der Waals surface area contributed by atoms with E-state index in [1.54, 1.807) is 6.07 Å². The Morgan fingerprint density at radius 1 is 1.44 bits per heavy atom. The van der Waals surface area contributed by atoms with E-state index in [4.69, 9.17) is 26.8 Å². The summed E-state index contributed by atoms with van der Waals surface area (Å²) in [5.74, 6) is 1.10. The largest absolute Gasteiger partial charge is 0.506 e. The molecule has 0 radical (unpaired) electrons. The quantitative estimate of drug-likeness (QED) is 0.828. The second-order valence-corrected chi connectivity index (χ2v) is 4.68. The molecular formula is C11H12ClNO3. The van der Waals surface area contributed by atoms with Crippen molar-refractivity contribution in [2.24, 2.45) is 5.73 Å². The van der Waals surface area contributed by atoms with Crippen molar-refractivity contribution in [3.05, 3.63) is 16.7 Å². The molecule has 1 aromatic rings. The molecule has 2 aliphatic rings. The first kappa shape index (κ1) is 10.1. The Morgan fingerprint density at radius 3 is 2.81 bits per heavy atom. The highest BCUT2D eigenvalue weighted by Gasteiger charge is 2.46. The summed E-state index contributed by atoms with van der Waals surface area (Å²) >= 11 is 6.04. The third-order valence-electron chi connectivity index (χ3n) is 3.39. The monoisotopic (exact) mass is 241 g/mol. The molecule has 0 aromatic heterocycles. The highest BCUT2D eigenvalue weighted by Crippen LogP contribution is 2.56. The summed E-state index contributed by atoms with van der Waals surface area (Å²) in [5.41, 5.74) is 6.40. The lowest BCUT2D eigenvalue weighted by molar-refractivity contribution is 0.174. The van der Waals surface area contributed by atoms with Gasteiger partial charge in [-0.15, -0.1) is 0 Å². The van der Waals surface area contributed by atoms with E-state index in [9.17, 15) is 5.11 Å². The van der Waals surface area contributed by atoms with Crippen LogP contribution in [-0.2, 0) is 5.41 Å². The molecule has 1 saturated carbocycles. The number of hydrogen-bond acceptors (Lipinski definition) is 4. The van der Waals surface area contributed by atoms with Gasteiger partial charge >= 0.3 is 0 Å². The van der Waals surface area contributed by atoms with Crippen molar-refractivity contribution in [3.63, 3.8) is 0 Å². The van der Waals surface area contributed by atoms with Crippen LogP contribution >= 0.6 is 11.6 Å². The first-order chi connectivity index (χ1) is 7.68. The van der Waals surface area contributed by atoms with Gasteiger partial charge in [0.2, 0.25) is 6.79 Å². The Labute approximate surface area is 97.9 Å². The Bertz CT molecular complexity index is 457. The van der Waals surface area contributed by atoms with Gasteiger partial charge < -0.3 is 20.3 Å². The van der Waals surface area contributed by atoms with Crippen LogP contribution in [0, 0.1) is 0 Å². The van der Waals surface area contributed by atoms with E-state index < -0.39 is 0 Å². The van der Waals surface area contributed by atoms with Gasteiger partial charge in [-0.3, -0.25) is 0 Å². The van der Waals surface area contributed by atoms with E-state index in [0.29, 0.717) is 18.0 Å². The minimum absolute atomic E-state index is 0.0777. The lowest BCUT2D eigenvalue weighted by Crippen LogP contribution is -2.19. The Hall–Kier alpha value is -1.13. The van der Waals surface area contributed by atoms with E-state index in [-0.39, 0.29) is 23.0 Å². The molecule has 86 valence electrons. The molecule has 0 atom stereocenters. The SMILES string of the molecule is NCC1(c2cc3c(c(Cl)c2O)OCO3)CC1. The predicted molar refractivity (Wildman–Crippen MR) is 59.2 cm³/mol. The first-order valence-corrected chi connectivity index (χ1v) is 5.57. The smallest absolute Gasteiger partial charge is 0.231 e. The van der Waals surface area contributed by atoms with Gasteiger partial charge in [-0.1, -0.05) is 11.6 Å². The van der Waals surface area contributed by atoms with E-state index >= 15 is 0 Å². The molecule has 1 aliphatic heterocycles. The zero-order valence-corrected chi connectivity index (χ0v) is 9.38. The van der Waals surface area contributed by atoms with Crippen LogP contribution in [0.2, 0.25) is 5.02 Å². The Morgan fingerprint density at radius 2 is 2.19 bits per heavy atom. The third kappa shape index (κ3) is 1.20. The van der Waals surface area contributed by atoms with Crippen LogP contribution in [0.3, 0.4) is 0 Å². The number of benzene rings is 1.